The molecular weight excluding hydrogens is 398 g/mol. The van der Waals surface area contributed by atoms with Gasteiger partial charge in [0.15, 0.2) is 12.4 Å². The number of aryl methyl sites for hydroxylation is 1. The van der Waals surface area contributed by atoms with Crippen LogP contribution in [0.4, 0.5) is 0 Å². The molecule has 1 fully saturated rings. The van der Waals surface area contributed by atoms with Gasteiger partial charge in [-0.05, 0) is 36.2 Å². The van der Waals surface area contributed by atoms with E-state index in [4.69, 9.17) is 11.6 Å². The second kappa shape index (κ2) is 9.03. The van der Waals surface area contributed by atoms with E-state index in [9.17, 15) is 13.2 Å². The van der Waals surface area contributed by atoms with Crippen molar-refractivity contribution in [1.29, 1.82) is 0 Å². The van der Waals surface area contributed by atoms with Gasteiger partial charge in [-0.3, -0.25) is 4.79 Å². The Morgan fingerprint density at radius 3 is 2.21 bits per heavy atom. The second-order valence-corrected chi connectivity index (χ2v) is 9.24. The Bertz CT molecular complexity index is 907. The van der Waals surface area contributed by atoms with E-state index in [2.05, 4.69) is 6.92 Å². The summed E-state index contributed by atoms with van der Waals surface area (Å²) >= 11 is 5.84. The zero-order valence-corrected chi connectivity index (χ0v) is 17.5. The van der Waals surface area contributed by atoms with Gasteiger partial charge in [0, 0.05) is 43.3 Å². The van der Waals surface area contributed by atoms with Crippen LogP contribution in [-0.2, 0) is 27.8 Å². The molecule has 1 aliphatic rings. The predicted molar refractivity (Wildman–Crippen MR) is 107 cm³/mol. The molecule has 2 aromatic rings. The minimum atomic E-state index is -3.57. The lowest BCUT2D eigenvalue weighted by Crippen LogP contribution is -2.53. The molecule has 0 radical (unpaired) electrons. The third kappa shape index (κ3) is 4.90. The van der Waals surface area contributed by atoms with Gasteiger partial charge in [-0.25, -0.2) is 8.42 Å². The number of benzene rings is 1. The number of nitrogens with zero attached hydrogens (tertiary/aromatic N) is 3. The summed E-state index contributed by atoms with van der Waals surface area (Å²) in [4.78, 5) is 14.5. The van der Waals surface area contributed by atoms with Gasteiger partial charge < -0.3 is 4.90 Å². The van der Waals surface area contributed by atoms with E-state index >= 15 is 0 Å². The standard InChI is InChI=1S/C20H25ClN3O3S/c1-2-3-17-8-10-22(11-9-17)16-20(25)23-12-14-24(15-13-23)28(26,27)19-6-4-18(21)5-7-19/h4-11H,2-3,12-16H2,1H3/q+1. The molecule has 150 valence electrons. The van der Waals surface area contributed by atoms with Crippen LogP contribution in [0, 0.1) is 0 Å². The number of hydrogen-bond donors (Lipinski definition) is 0. The Kier molecular flexibility index (Phi) is 6.69. The number of amides is 1. The highest BCUT2D eigenvalue weighted by Gasteiger charge is 2.30. The number of hydrogen-bond acceptors (Lipinski definition) is 3. The Hall–Kier alpha value is -1.96. The molecule has 6 nitrogen and oxygen atoms in total. The summed E-state index contributed by atoms with van der Waals surface area (Å²) < 4.78 is 28.7. The van der Waals surface area contributed by atoms with Gasteiger partial charge in [-0.1, -0.05) is 24.9 Å². The Balaban J connectivity index is 1.57. The van der Waals surface area contributed by atoms with Crippen molar-refractivity contribution in [3.63, 3.8) is 0 Å². The van der Waals surface area contributed by atoms with Gasteiger partial charge in [0.2, 0.25) is 16.6 Å². The van der Waals surface area contributed by atoms with Crippen molar-refractivity contribution in [2.45, 2.75) is 31.2 Å². The number of carbonyl (C=O) groups is 1. The van der Waals surface area contributed by atoms with E-state index in [1.54, 1.807) is 17.0 Å². The fourth-order valence-corrected chi connectivity index (χ4v) is 4.79. The van der Waals surface area contributed by atoms with Crippen LogP contribution in [-0.4, -0.2) is 49.7 Å². The Labute approximate surface area is 171 Å². The maximum Gasteiger partial charge on any atom is 0.288 e. The van der Waals surface area contributed by atoms with E-state index < -0.39 is 10.0 Å². The fraction of sp³-hybridized carbons (Fsp3) is 0.400. The molecule has 0 spiro atoms. The largest absolute Gasteiger partial charge is 0.335 e. The first-order chi connectivity index (χ1) is 13.4. The number of sulfonamides is 1. The lowest BCUT2D eigenvalue weighted by Gasteiger charge is -2.33. The zero-order chi connectivity index (χ0) is 20.1. The molecule has 1 aromatic carbocycles. The van der Waals surface area contributed by atoms with Gasteiger partial charge in [-0.2, -0.15) is 8.87 Å². The van der Waals surface area contributed by atoms with Gasteiger partial charge in [0.25, 0.3) is 5.91 Å². The van der Waals surface area contributed by atoms with Crippen molar-refractivity contribution >= 4 is 27.5 Å². The van der Waals surface area contributed by atoms with Gasteiger partial charge >= 0.3 is 0 Å². The number of aromatic nitrogens is 1. The number of halogens is 1. The van der Waals surface area contributed by atoms with E-state index in [0.29, 0.717) is 18.1 Å². The van der Waals surface area contributed by atoms with Crippen LogP contribution in [0.25, 0.3) is 0 Å². The first-order valence-corrected chi connectivity index (χ1v) is 11.2. The molecule has 28 heavy (non-hydrogen) atoms. The van der Waals surface area contributed by atoms with E-state index in [0.717, 1.165) is 12.8 Å². The average Bonchev–Trinajstić information content (AvgIpc) is 2.70. The smallest absolute Gasteiger partial charge is 0.288 e. The second-order valence-electron chi connectivity index (χ2n) is 6.87. The molecule has 0 atom stereocenters. The summed E-state index contributed by atoms with van der Waals surface area (Å²) in [7, 11) is -3.57. The zero-order valence-electron chi connectivity index (χ0n) is 15.9. The molecule has 1 amide bonds. The minimum Gasteiger partial charge on any atom is -0.335 e. The average molecular weight is 423 g/mol. The number of carbonyl (C=O) groups excluding carboxylic acids is 1. The van der Waals surface area contributed by atoms with Crippen molar-refractivity contribution in [1.82, 2.24) is 9.21 Å². The van der Waals surface area contributed by atoms with Crippen LogP contribution in [0.15, 0.2) is 53.7 Å². The quantitative estimate of drug-likeness (QED) is 0.670. The molecule has 8 heteroatoms. The SMILES string of the molecule is CCCc1cc[n+](CC(=O)N2CCN(S(=O)(=O)c3ccc(Cl)cc3)CC2)cc1. The van der Waals surface area contributed by atoms with Gasteiger partial charge in [0.1, 0.15) is 0 Å². The summed E-state index contributed by atoms with van der Waals surface area (Å²) in [6, 6.07) is 10.2. The molecule has 1 aliphatic heterocycles. The molecule has 0 aliphatic carbocycles. The third-order valence-electron chi connectivity index (χ3n) is 4.86. The van der Waals surface area contributed by atoms with Gasteiger partial charge in [-0.15, -0.1) is 0 Å². The van der Waals surface area contributed by atoms with E-state index in [1.807, 2.05) is 29.1 Å². The van der Waals surface area contributed by atoms with Crippen molar-refractivity contribution < 1.29 is 17.8 Å². The maximum absolute atomic E-state index is 12.7. The molecule has 0 bridgehead atoms. The molecule has 3 rings (SSSR count). The van der Waals surface area contributed by atoms with Crippen LogP contribution in [0.5, 0.6) is 0 Å². The number of rotatable bonds is 6. The first kappa shape index (κ1) is 20.8. The number of piperazine rings is 1. The van der Waals surface area contributed by atoms with Crippen LogP contribution in [0.1, 0.15) is 18.9 Å². The lowest BCUT2D eigenvalue weighted by molar-refractivity contribution is -0.685. The number of pyridine rings is 1. The van der Waals surface area contributed by atoms with Crippen LogP contribution >= 0.6 is 11.6 Å². The first-order valence-electron chi connectivity index (χ1n) is 9.41. The van der Waals surface area contributed by atoms with Crippen molar-refractivity contribution in [2.24, 2.45) is 0 Å². The van der Waals surface area contributed by atoms with Crippen LogP contribution < -0.4 is 4.57 Å². The maximum atomic E-state index is 12.7. The van der Waals surface area contributed by atoms with Crippen molar-refractivity contribution in [3.05, 3.63) is 59.4 Å². The highest BCUT2D eigenvalue weighted by molar-refractivity contribution is 7.89. The molecule has 0 unspecified atom stereocenters. The van der Waals surface area contributed by atoms with Crippen LogP contribution in [0.2, 0.25) is 5.02 Å². The highest BCUT2D eigenvalue weighted by atomic mass is 35.5. The Morgan fingerprint density at radius 2 is 1.64 bits per heavy atom. The van der Waals surface area contributed by atoms with E-state index in [1.165, 1.54) is 22.0 Å². The summed E-state index contributed by atoms with van der Waals surface area (Å²) in [6.07, 6.45) is 5.96. The summed E-state index contributed by atoms with van der Waals surface area (Å²) in [5, 5.41) is 0.495. The molecule has 0 saturated carbocycles. The molecule has 1 saturated heterocycles. The third-order valence-corrected chi connectivity index (χ3v) is 7.02. The highest BCUT2D eigenvalue weighted by Crippen LogP contribution is 2.19. The normalized spacial score (nSPS) is 15.6. The molecule has 1 aromatic heterocycles. The topological polar surface area (TPSA) is 61.6 Å². The van der Waals surface area contributed by atoms with Crippen molar-refractivity contribution in [3.8, 4) is 0 Å². The van der Waals surface area contributed by atoms with Crippen LogP contribution in [0.3, 0.4) is 0 Å². The Morgan fingerprint density at radius 1 is 1.04 bits per heavy atom. The lowest BCUT2D eigenvalue weighted by atomic mass is 10.1. The predicted octanol–water partition coefficient (Wildman–Crippen LogP) is 2.11. The minimum absolute atomic E-state index is 0.00298. The van der Waals surface area contributed by atoms with E-state index in [-0.39, 0.29) is 30.4 Å². The van der Waals surface area contributed by atoms with Crippen molar-refractivity contribution in [2.75, 3.05) is 26.2 Å². The monoisotopic (exact) mass is 422 g/mol. The fourth-order valence-electron chi connectivity index (χ4n) is 3.24. The molecule has 2 heterocycles. The molecular formula is C20H25ClN3O3S+. The summed E-state index contributed by atoms with van der Waals surface area (Å²) in [5.41, 5.74) is 1.26. The summed E-state index contributed by atoms with van der Waals surface area (Å²) in [6.45, 7) is 3.75. The summed E-state index contributed by atoms with van der Waals surface area (Å²) in [5.74, 6) is -0.00298. The molecule has 0 N–H and O–H groups in total. The van der Waals surface area contributed by atoms with Gasteiger partial charge in [0.05, 0.1) is 4.90 Å².